The van der Waals surface area contributed by atoms with Gasteiger partial charge in [-0.15, -0.1) is 10.2 Å². The van der Waals surface area contributed by atoms with E-state index in [1.165, 1.54) is 16.7 Å². The minimum absolute atomic E-state index is 0.0105. The second-order valence-corrected chi connectivity index (χ2v) is 8.80. The van der Waals surface area contributed by atoms with Crippen LogP contribution in [0.25, 0.3) is 16.7 Å². The summed E-state index contributed by atoms with van der Waals surface area (Å²) < 4.78 is 8.52. The minimum Gasteiger partial charge on any atom is -0.385 e. The van der Waals surface area contributed by atoms with Crippen LogP contribution in [0.4, 0.5) is 0 Å². The monoisotopic (exact) mass is 474 g/mol. The molecule has 3 aromatic rings. The quantitative estimate of drug-likeness (QED) is 0.332. The van der Waals surface area contributed by atoms with E-state index in [0.29, 0.717) is 48.0 Å². The molecule has 178 valence electrons. The molecule has 0 aliphatic carbocycles. The smallest absolute Gasteiger partial charge is 0.262 e. The summed E-state index contributed by atoms with van der Waals surface area (Å²) in [6.45, 7) is 6.99. The Balaban J connectivity index is 1.87. The molecule has 0 spiro atoms. The van der Waals surface area contributed by atoms with Gasteiger partial charge in [0.25, 0.3) is 5.56 Å². The number of aryl methyl sites for hydroxylation is 1. The highest BCUT2D eigenvalue weighted by Gasteiger charge is 2.20. The number of hydrogen-bond acceptors (Lipinski definition) is 7. The number of nitrogens with one attached hydrogen (secondary N) is 1. The van der Waals surface area contributed by atoms with Gasteiger partial charge in [-0.25, -0.2) is 0 Å². The normalized spacial score (nSPS) is 11.4. The highest BCUT2D eigenvalue weighted by Crippen LogP contribution is 2.22. The molecule has 2 heterocycles. The van der Waals surface area contributed by atoms with Gasteiger partial charge in [0, 0.05) is 32.8 Å². The van der Waals surface area contributed by atoms with Crippen LogP contribution in [0, 0.1) is 0 Å². The van der Waals surface area contributed by atoms with E-state index >= 15 is 0 Å². The van der Waals surface area contributed by atoms with Crippen LogP contribution in [0.15, 0.2) is 34.2 Å². The number of para-hydroxylation sites is 1. The summed E-state index contributed by atoms with van der Waals surface area (Å²) in [7, 11) is 1.62. The number of likely N-dealkylation sites (N-methyl/N-ethyl adjacent to an activating group) is 1. The molecular formula is C22H30N6O4S. The van der Waals surface area contributed by atoms with Crippen LogP contribution >= 0.6 is 11.8 Å². The summed E-state index contributed by atoms with van der Waals surface area (Å²) >= 11 is 1.23. The fourth-order valence-corrected chi connectivity index (χ4v) is 4.37. The molecule has 0 aliphatic rings. The molecule has 2 amide bonds. The summed E-state index contributed by atoms with van der Waals surface area (Å²) in [6.07, 6.45) is 0.655. The number of carbonyl (C=O) groups is 2. The van der Waals surface area contributed by atoms with Crippen molar-refractivity contribution in [3.63, 3.8) is 0 Å². The van der Waals surface area contributed by atoms with Crippen LogP contribution in [0.1, 0.15) is 27.2 Å². The lowest BCUT2D eigenvalue weighted by Crippen LogP contribution is -2.43. The molecule has 0 unspecified atom stereocenters. The van der Waals surface area contributed by atoms with Crippen LogP contribution in [0.3, 0.4) is 0 Å². The maximum absolute atomic E-state index is 13.1. The third-order valence-electron chi connectivity index (χ3n) is 5.05. The Kier molecular flexibility index (Phi) is 8.45. The van der Waals surface area contributed by atoms with Gasteiger partial charge >= 0.3 is 0 Å². The number of carbonyl (C=O) groups excluding carboxylic acids is 2. The average molecular weight is 475 g/mol. The summed E-state index contributed by atoms with van der Waals surface area (Å²) in [5.41, 5.74) is 0.548. The second-order valence-electron chi connectivity index (χ2n) is 7.86. The Morgan fingerprint density at radius 2 is 2.00 bits per heavy atom. The number of ether oxygens (including phenoxy) is 1. The molecule has 1 aromatic carbocycles. The summed E-state index contributed by atoms with van der Waals surface area (Å²) in [5.74, 6) is 0.161. The SMILES string of the molecule is CCN(CC(=O)NC(C)C)C(=O)CSc1nnc2n(CCCOC)c(=O)c3ccccc3n12. The molecular weight excluding hydrogens is 444 g/mol. The van der Waals surface area contributed by atoms with Crippen LogP contribution in [0.2, 0.25) is 0 Å². The zero-order chi connectivity index (χ0) is 24.0. The first-order chi connectivity index (χ1) is 15.9. The molecule has 0 saturated heterocycles. The number of methoxy groups -OCH3 is 1. The first-order valence-electron chi connectivity index (χ1n) is 10.9. The second kappa shape index (κ2) is 11.3. The van der Waals surface area contributed by atoms with Gasteiger partial charge in [-0.05, 0) is 39.3 Å². The molecule has 11 heteroatoms. The third kappa shape index (κ3) is 5.72. The first-order valence-corrected chi connectivity index (χ1v) is 11.9. The Morgan fingerprint density at radius 1 is 1.24 bits per heavy atom. The zero-order valence-corrected chi connectivity index (χ0v) is 20.2. The van der Waals surface area contributed by atoms with Crippen molar-refractivity contribution >= 4 is 40.3 Å². The van der Waals surface area contributed by atoms with E-state index in [1.807, 2.05) is 43.4 Å². The first kappa shape index (κ1) is 24.7. The fraction of sp³-hybridized carbons (Fsp3) is 0.500. The lowest BCUT2D eigenvalue weighted by Gasteiger charge is -2.20. The van der Waals surface area contributed by atoms with Gasteiger partial charge in [0.2, 0.25) is 17.6 Å². The molecule has 10 nitrogen and oxygen atoms in total. The number of hydrogen-bond donors (Lipinski definition) is 1. The molecule has 0 radical (unpaired) electrons. The standard InChI is InChI=1S/C22H30N6O4S/c1-5-26(13-18(29)23-15(2)3)19(30)14-33-22-25-24-21-27(11-8-12-32-4)20(31)16-9-6-7-10-17(16)28(21)22/h6-7,9-10,15H,5,8,11-14H2,1-4H3,(H,23,29). The lowest BCUT2D eigenvalue weighted by atomic mass is 10.2. The Hall–Kier alpha value is -2.92. The fourth-order valence-electron chi connectivity index (χ4n) is 3.53. The average Bonchev–Trinajstić information content (AvgIpc) is 3.21. The van der Waals surface area contributed by atoms with Crippen molar-refractivity contribution in [3.8, 4) is 0 Å². The molecule has 0 atom stereocenters. The number of amides is 2. The molecule has 0 fully saturated rings. The van der Waals surface area contributed by atoms with Gasteiger partial charge in [0.05, 0.1) is 23.2 Å². The number of aromatic nitrogens is 4. The van der Waals surface area contributed by atoms with Crippen LogP contribution in [-0.2, 0) is 20.9 Å². The summed E-state index contributed by atoms with van der Waals surface area (Å²) in [4.78, 5) is 39.4. The minimum atomic E-state index is -0.191. The van der Waals surface area contributed by atoms with E-state index in [-0.39, 0.29) is 35.7 Å². The molecule has 1 N–H and O–H groups in total. The van der Waals surface area contributed by atoms with E-state index < -0.39 is 0 Å². The van der Waals surface area contributed by atoms with Crippen molar-refractivity contribution < 1.29 is 14.3 Å². The Bertz CT molecular complexity index is 1190. The molecule has 2 aromatic heterocycles. The van der Waals surface area contributed by atoms with Crippen LogP contribution in [-0.4, -0.2) is 74.5 Å². The van der Waals surface area contributed by atoms with E-state index in [4.69, 9.17) is 4.74 Å². The molecule has 0 bridgehead atoms. The van der Waals surface area contributed by atoms with Gasteiger partial charge in [0.1, 0.15) is 0 Å². The van der Waals surface area contributed by atoms with Crippen LogP contribution in [0.5, 0.6) is 0 Å². The molecule has 0 aliphatic heterocycles. The van der Waals surface area contributed by atoms with E-state index in [1.54, 1.807) is 17.7 Å². The molecule has 33 heavy (non-hydrogen) atoms. The number of benzene rings is 1. The van der Waals surface area contributed by atoms with E-state index in [9.17, 15) is 14.4 Å². The van der Waals surface area contributed by atoms with Crippen molar-refractivity contribution in [1.82, 2.24) is 29.4 Å². The third-order valence-corrected chi connectivity index (χ3v) is 5.97. The molecule has 0 saturated carbocycles. The number of fused-ring (bicyclic) bond motifs is 3. The van der Waals surface area contributed by atoms with Crippen molar-refractivity contribution in [1.29, 1.82) is 0 Å². The highest BCUT2D eigenvalue weighted by molar-refractivity contribution is 7.99. The maximum atomic E-state index is 13.1. The predicted molar refractivity (Wildman–Crippen MR) is 128 cm³/mol. The molecule has 3 rings (SSSR count). The number of thioether (sulfide) groups is 1. The zero-order valence-electron chi connectivity index (χ0n) is 19.4. The highest BCUT2D eigenvalue weighted by atomic mass is 32.2. The van der Waals surface area contributed by atoms with Crippen LogP contribution < -0.4 is 10.9 Å². The largest absolute Gasteiger partial charge is 0.385 e. The number of rotatable bonds is 11. The lowest BCUT2D eigenvalue weighted by molar-refractivity contribution is -0.134. The van der Waals surface area contributed by atoms with E-state index in [2.05, 4.69) is 15.5 Å². The van der Waals surface area contributed by atoms with Crippen molar-refractivity contribution in [2.75, 3.05) is 32.6 Å². The Morgan fingerprint density at radius 3 is 2.70 bits per heavy atom. The van der Waals surface area contributed by atoms with Gasteiger partial charge in [-0.2, -0.15) is 0 Å². The number of nitrogens with zero attached hydrogens (tertiary/aromatic N) is 5. The van der Waals surface area contributed by atoms with Crippen molar-refractivity contribution in [3.05, 3.63) is 34.6 Å². The van der Waals surface area contributed by atoms with Gasteiger partial charge in [0.15, 0.2) is 5.16 Å². The van der Waals surface area contributed by atoms with Crippen molar-refractivity contribution in [2.24, 2.45) is 0 Å². The van der Waals surface area contributed by atoms with Gasteiger partial charge in [-0.1, -0.05) is 23.9 Å². The summed E-state index contributed by atoms with van der Waals surface area (Å²) in [5, 5.41) is 12.4. The summed E-state index contributed by atoms with van der Waals surface area (Å²) in [6, 6.07) is 7.29. The van der Waals surface area contributed by atoms with Gasteiger partial charge < -0.3 is 15.0 Å². The predicted octanol–water partition coefficient (Wildman–Crippen LogP) is 1.55. The maximum Gasteiger partial charge on any atom is 0.262 e. The van der Waals surface area contributed by atoms with Gasteiger partial charge in [-0.3, -0.25) is 23.4 Å². The van der Waals surface area contributed by atoms with E-state index in [0.717, 1.165) is 0 Å². The topological polar surface area (TPSA) is 111 Å². The van der Waals surface area contributed by atoms with Crippen molar-refractivity contribution in [2.45, 2.75) is 44.9 Å². The Labute approximate surface area is 196 Å².